The van der Waals surface area contributed by atoms with Gasteiger partial charge in [-0.05, 0) is 164 Å². The van der Waals surface area contributed by atoms with Gasteiger partial charge >= 0.3 is 41.8 Å². The first kappa shape index (κ1) is 106. The summed E-state index contributed by atoms with van der Waals surface area (Å²) in [5, 5.41) is -0.133. The molecular formula is C88H160O24S2. The third-order valence-corrected chi connectivity index (χ3v) is 27.1. The van der Waals surface area contributed by atoms with Gasteiger partial charge in [0, 0.05) is 24.2 Å². The van der Waals surface area contributed by atoms with Crippen molar-refractivity contribution in [2.24, 2.45) is 70.0 Å². The molecule has 13 aliphatic heterocycles. The molecule has 8 bridgehead atoms. The third kappa shape index (κ3) is 29.4. The number of esters is 7. The monoisotopic (exact) mass is 1670 g/mol. The Morgan fingerprint density at radius 2 is 0.982 bits per heavy atom. The standard InChI is InChI=1S/2C10H14O2.C9H14O2.C7H8O5.C7H10O3S.2C7H10O2.C6H8O3.C3H6O3S.11C2H6/c11-10-8-2-6-1-7(3-8)5-9(4-6)12-10;11-9-10(3-4-12-9)6-7-1-2-8(10)5-7;10-8-9(6-7-11-8)4-2-1-3-5-9;8-4-1-3-5(12-4)6-7(11-3)10-2-9-6;8-11(9)7-3-4-1-5(7)6(2-4)10-11;8-7-6-3-1-2-5(6)4-9-7;8-7-4-5-2-1-3-6(5)9-7;7-6-3-5-4(9-6)1-2-8-5;4-7(5)3-1-2-6-7;11*1-2/h6-9H,1-5H2;7-8H,1-6H2;1-7H2;3,5-7H,1-2H2;4-7H,1-3H2;2*5-6H,1-4H2;4-5H,1-3H2;1-3H2;11*1-2H3. The van der Waals surface area contributed by atoms with Crippen molar-refractivity contribution in [3.63, 3.8) is 0 Å². The highest BCUT2D eigenvalue weighted by Gasteiger charge is 2.61. The molecule has 0 radical (unpaired) electrons. The Balaban J connectivity index is 0.000000423. The zero-order chi connectivity index (χ0) is 85.9. The fraction of sp³-hybridized carbons (Fsp3) is 0.920. The molecule has 19 unspecified atom stereocenters. The molecule has 22 fully saturated rings. The number of hydrogen-bond acceptors (Lipinski definition) is 24. The van der Waals surface area contributed by atoms with E-state index in [0.29, 0.717) is 87.8 Å². The molecule has 13 saturated heterocycles. The highest BCUT2D eigenvalue weighted by atomic mass is 32.2. The van der Waals surface area contributed by atoms with Gasteiger partial charge in [0.1, 0.15) is 30.5 Å². The third-order valence-electron chi connectivity index (χ3n) is 24.0. The predicted molar refractivity (Wildman–Crippen MR) is 442 cm³/mol. The molecule has 0 aromatic rings. The van der Waals surface area contributed by atoms with Crippen LogP contribution in [0.4, 0.5) is 0 Å². The first-order valence-electron chi connectivity index (χ1n) is 45.9. The first-order valence-corrected chi connectivity index (χ1v) is 48.9. The zero-order valence-corrected chi connectivity index (χ0v) is 76.5. The van der Waals surface area contributed by atoms with Gasteiger partial charge < -0.3 is 52.1 Å². The van der Waals surface area contributed by atoms with E-state index in [1.54, 1.807) is 0 Å². The van der Waals surface area contributed by atoms with Crippen LogP contribution < -0.4 is 0 Å². The molecular weight excluding hydrogens is 1510 g/mol. The molecule has 19 atom stereocenters. The number of ether oxygens (including phenoxy) is 11. The molecule has 0 aromatic heterocycles. The van der Waals surface area contributed by atoms with E-state index in [-0.39, 0.29) is 131 Å². The molecule has 0 N–H and O–H groups in total. The number of cyclic esters (lactones) is 3. The van der Waals surface area contributed by atoms with Crippen molar-refractivity contribution in [1.29, 1.82) is 0 Å². The minimum absolute atomic E-state index is 0.00289. The Bertz CT molecular complexity index is 2870. The SMILES string of the molecule is CC.CC.CC.CC.CC.CC.CC.CC.CC.CC.CC.O=C1CC2CCCC2O1.O=C1CC2OC3OCOC3C2O1.O=C1CC2OCCC2O1.O=C1OC2CC3CC(C2)CC1C3.O=C1OCC2CCCC12.O=C1OCCC12CC1CCC2C1.O=C1OCCC12CCCCC2.O=S1(=O)CCCO1.O=S1(=O)OC2CC3CC2C1C3. The van der Waals surface area contributed by atoms with E-state index in [0.717, 1.165) is 121 Å². The van der Waals surface area contributed by atoms with Gasteiger partial charge in [0.15, 0.2) is 25.3 Å². The van der Waals surface area contributed by atoms with E-state index in [1.807, 2.05) is 152 Å². The van der Waals surface area contributed by atoms with Gasteiger partial charge in [-0.25, -0.2) is 0 Å². The largest absolute Gasteiger partial charge is 0.465 e. The molecule has 9 saturated carbocycles. The Morgan fingerprint density at radius 3 is 1.50 bits per heavy atom. The van der Waals surface area contributed by atoms with E-state index < -0.39 is 20.2 Å². The fourth-order valence-corrected chi connectivity index (χ4v) is 22.3. The quantitative estimate of drug-likeness (QED) is 0.124. The summed E-state index contributed by atoms with van der Waals surface area (Å²) < 4.78 is 109. The number of rotatable bonds is 0. The van der Waals surface area contributed by atoms with Gasteiger partial charge in [-0.1, -0.05) is 184 Å². The number of carbonyl (C=O) groups is 7. The number of carbonyl (C=O) groups excluding carboxylic acids is 7. The lowest BCUT2D eigenvalue weighted by Gasteiger charge is -2.35. The van der Waals surface area contributed by atoms with Crippen molar-refractivity contribution < 1.29 is 111 Å². The van der Waals surface area contributed by atoms with E-state index in [9.17, 15) is 50.4 Å². The molecule has 22 aliphatic rings. The molecule has 22 rings (SSSR count). The minimum atomic E-state index is -3.13. The molecule has 114 heavy (non-hydrogen) atoms. The second-order valence-corrected chi connectivity index (χ2v) is 33.3. The lowest BCUT2D eigenvalue weighted by Crippen LogP contribution is -2.32. The van der Waals surface area contributed by atoms with Gasteiger partial charge in [-0.3, -0.25) is 41.9 Å². The molecule has 24 nitrogen and oxygen atoms in total. The normalized spacial score (nSPS) is 36.2. The van der Waals surface area contributed by atoms with Gasteiger partial charge in [0.05, 0.1) is 92.1 Å². The molecule has 9 aliphatic carbocycles. The highest BCUT2D eigenvalue weighted by Crippen LogP contribution is 2.60. The lowest BCUT2D eigenvalue weighted by atomic mass is 9.68. The summed E-state index contributed by atoms with van der Waals surface area (Å²) in [6.07, 6.45) is 31.7. The smallest absolute Gasteiger partial charge is 0.312 e. The highest BCUT2D eigenvalue weighted by molar-refractivity contribution is 7.87. The van der Waals surface area contributed by atoms with Crippen LogP contribution in [0.25, 0.3) is 0 Å². The van der Waals surface area contributed by atoms with E-state index in [4.69, 9.17) is 56.3 Å². The molecule has 0 amide bonds. The van der Waals surface area contributed by atoms with Crippen LogP contribution in [0.15, 0.2) is 0 Å². The number of fused-ring (bicyclic) bond motifs is 11. The van der Waals surface area contributed by atoms with Crippen molar-refractivity contribution >= 4 is 62.0 Å². The molecule has 13 heterocycles. The van der Waals surface area contributed by atoms with Crippen molar-refractivity contribution in [3.8, 4) is 0 Å². The van der Waals surface area contributed by atoms with Gasteiger partial charge in [-0.15, -0.1) is 0 Å². The van der Waals surface area contributed by atoms with Crippen molar-refractivity contribution in [2.75, 3.05) is 45.6 Å². The predicted octanol–water partition coefficient (Wildman–Crippen LogP) is 18.5. The summed E-state index contributed by atoms with van der Waals surface area (Å²) in [6.45, 7) is 47.4. The van der Waals surface area contributed by atoms with Gasteiger partial charge in [-0.2, -0.15) is 16.8 Å². The molecule has 0 aromatic carbocycles. The summed E-state index contributed by atoms with van der Waals surface area (Å²) >= 11 is 0. The topological polar surface area (TPSA) is 308 Å². The molecule has 2 spiro atoms. The first-order chi connectivity index (χ1) is 55.3. The van der Waals surface area contributed by atoms with E-state index in [2.05, 4.69) is 4.18 Å². The van der Waals surface area contributed by atoms with Crippen LogP contribution in [-0.2, 0) is 114 Å². The Morgan fingerprint density at radius 1 is 0.395 bits per heavy atom. The van der Waals surface area contributed by atoms with Crippen molar-refractivity contribution in [3.05, 3.63) is 0 Å². The van der Waals surface area contributed by atoms with Gasteiger partial charge in [0.25, 0.3) is 20.2 Å². The summed E-state index contributed by atoms with van der Waals surface area (Å²) in [5.41, 5.74) is -0.0266. The van der Waals surface area contributed by atoms with Crippen molar-refractivity contribution in [1.82, 2.24) is 0 Å². The van der Waals surface area contributed by atoms with Crippen LogP contribution in [0.3, 0.4) is 0 Å². The van der Waals surface area contributed by atoms with Crippen LogP contribution in [0.1, 0.15) is 345 Å². The maximum Gasteiger partial charge on any atom is 0.312 e. The van der Waals surface area contributed by atoms with Gasteiger partial charge in [0.2, 0.25) is 0 Å². The lowest BCUT2D eigenvalue weighted by molar-refractivity contribution is -0.151. The van der Waals surface area contributed by atoms with Crippen molar-refractivity contribution in [2.45, 2.75) is 405 Å². The minimum Gasteiger partial charge on any atom is -0.465 e. The average molecular weight is 1670 g/mol. The Kier molecular flexibility index (Phi) is 51.8. The fourth-order valence-electron chi connectivity index (χ4n) is 19.4. The molecule has 26 heteroatoms. The second kappa shape index (κ2) is 55.7. The Labute approximate surface area is 690 Å². The second-order valence-electron chi connectivity index (χ2n) is 29.8. The summed E-state index contributed by atoms with van der Waals surface area (Å²) in [4.78, 5) is 77.2. The van der Waals surface area contributed by atoms with Crippen LogP contribution >= 0.6 is 0 Å². The van der Waals surface area contributed by atoms with Crippen LogP contribution in [0.2, 0.25) is 0 Å². The molecule has 668 valence electrons. The zero-order valence-electron chi connectivity index (χ0n) is 74.8. The maximum absolute atomic E-state index is 11.6. The van der Waals surface area contributed by atoms with E-state index in [1.165, 1.54) is 70.6 Å². The average Bonchev–Trinajstić information content (AvgIpc) is 1.58. The van der Waals surface area contributed by atoms with Crippen LogP contribution in [0, 0.1) is 70.0 Å². The summed E-state index contributed by atoms with van der Waals surface area (Å²) in [6, 6.07) is 0. The van der Waals surface area contributed by atoms with E-state index >= 15 is 0 Å². The maximum atomic E-state index is 11.6. The Hall–Kier alpha value is -4.05. The van der Waals surface area contributed by atoms with Crippen LogP contribution in [-0.4, -0.2) is 165 Å². The van der Waals surface area contributed by atoms with Crippen LogP contribution in [0.5, 0.6) is 0 Å². The number of hydrogen-bond donors (Lipinski definition) is 0. The summed E-state index contributed by atoms with van der Waals surface area (Å²) in [7, 11) is -6.18. The summed E-state index contributed by atoms with van der Waals surface area (Å²) in [5.74, 6) is 6.10.